The van der Waals surface area contributed by atoms with Gasteiger partial charge in [0.05, 0.1) is 12.6 Å². The van der Waals surface area contributed by atoms with Crippen molar-refractivity contribution < 1.29 is 13.5 Å². The number of alkyl halides is 2. The van der Waals surface area contributed by atoms with E-state index in [1.54, 1.807) is 0 Å². The predicted octanol–water partition coefficient (Wildman–Crippen LogP) is 1.72. The molecule has 0 aliphatic carbocycles. The second kappa shape index (κ2) is 3.02. The maximum atomic E-state index is 12.4. The number of nitrogens with zero attached hydrogens (tertiary/aromatic N) is 3. The van der Waals surface area contributed by atoms with E-state index in [1.807, 2.05) is 0 Å². The fraction of sp³-hybridized carbons (Fsp3) is 1.00. The molecule has 0 radical (unpaired) electrons. The van der Waals surface area contributed by atoms with Crippen molar-refractivity contribution in [2.75, 3.05) is 13.2 Å². The van der Waals surface area contributed by atoms with Gasteiger partial charge < -0.3 is 4.74 Å². The number of hydrogen-bond donors (Lipinski definition) is 0. The van der Waals surface area contributed by atoms with Crippen LogP contribution in [0, 0.1) is 0 Å². The molecule has 4 nitrogen and oxygen atoms in total. The fourth-order valence-corrected chi connectivity index (χ4v) is 0.936. The molecule has 0 spiro atoms. The molecule has 1 rings (SSSR count). The highest BCUT2D eigenvalue weighted by atomic mass is 19.3. The highest BCUT2D eigenvalue weighted by Gasteiger charge is 2.40. The Hall–Kier alpha value is -0.870. The van der Waals surface area contributed by atoms with Crippen molar-refractivity contribution in [3.63, 3.8) is 0 Å². The zero-order valence-electron chi connectivity index (χ0n) is 5.70. The molecule has 11 heavy (non-hydrogen) atoms. The van der Waals surface area contributed by atoms with Crippen LogP contribution in [0.25, 0.3) is 10.4 Å². The van der Waals surface area contributed by atoms with E-state index in [1.165, 1.54) is 0 Å². The van der Waals surface area contributed by atoms with Crippen LogP contribution >= 0.6 is 0 Å². The standard InChI is InChI=1S/C5H7F2N3O/c6-5(7)1-4(11-3-5)2-9-10-8/h4H,1-3H2. The van der Waals surface area contributed by atoms with Gasteiger partial charge in [-0.3, -0.25) is 0 Å². The van der Waals surface area contributed by atoms with Gasteiger partial charge in [0.15, 0.2) is 0 Å². The van der Waals surface area contributed by atoms with Crippen LogP contribution in [0.2, 0.25) is 0 Å². The van der Waals surface area contributed by atoms with Crippen LogP contribution in [0.3, 0.4) is 0 Å². The van der Waals surface area contributed by atoms with Gasteiger partial charge in [0, 0.05) is 11.3 Å². The molecule has 1 unspecified atom stereocenters. The molecule has 1 aliphatic rings. The van der Waals surface area contributed by atoms with Crippen LogP contribution in [0.5, 0.6) is 0 Å². The Labute approximate surface area is 61.8 Å². The minimum atomic E-state index is -2.74. The summed E-state index contributed by atoms with van der Waals surface area (Å²) in [6.45, 7) is -0.565. The van der Waals surface area contributed by atoms with Crippen molar-refractivity contribution in [2.24, 2.45) is 5.11 Å². The third-order valence-corrected chi connectivity index (χ3v) is 1.41. The lowest BCUT2D eigenvalue weighted by molar-refractivity contribution is -0.00972. The largest absolute Gasteiger partial charge is 0.372 e. The van der Waals surface area contributed by atoms with Gasteiger partial charge in [-0.15, -0.1) is 0 Å². The predicted molar refractivity (Wildman–Crippen MR) is 33.3 cm³/mol. The van der Waals surface area contributed by atoms with E-state index >= 15 is 0 Å². The Bertz CT molecular complexity index is 190. The summed E-state index contributed by atoms with van der Waals surface area (Å²) in [5.74, 6) is -2.74. The summed E-state index contributed by atoms with van der Waals surface area (Å²) in [5, 5.41) is 3.14. The van der Waals surface area contributed by atoms with E-state index in [-0.39, 0.29) is 13.0 Å². The smallest absolute Gasteiger partial charge is 0.273 e. The molecule has 0 bridgehead atoms. The van der Waals surface area contributed by atoms with Gasteiger partial charge in [0.25, 0.3) is 5.92 Å². The van der Waals surface area contributed by atoms with Gasteiger partial charge in [0.2, 0.25) is 0 Å². The Morgan fingerprint density at radius 1 is 1.73 bits per heavy atom. The zero-order valence-corrected chi connectivity index (χ0v) is 5.70. The van der Waals surface area contributed by atoms with Crippen molar-refractivity contribution in [3.05, 3.63) is 10.4 Å². The first-order valence-electron chi connectivity index (χ1n) is 3.14. The van der Waals surface area contributed by atoms with Gasteiger partial charge >= 0.3 is 0 Å². The maximum absolute atomic E-state index is 12.4. The van der Waals surface area contributed by atoms with E-state index in [2.05, 4.69) is 14.8 Å². The summed E-state index contributed by atoms with van der Waals surface area (Å²) in [6, 6.07) is 0. The number of hydrogen-bond acceptors (Lipinski definition) is 2. The normalized spacial score (nSPS) is 28.0. The zero-order chi connectivity index (χ0) is 8.32. The van der Waals surface area contributed by atoms with E-state index in [9.17, 15) is 8.78 Å². The quantitative estimate of drug-likeness (QED) is 0.347. The fourth-order valence-electron chi connectivity index (χ4n) is 0.936. The summed E-state index contributed by atoms with van der Waals surface area (Å²) in [6.07, 6.45) is -0.952. The van der Waals surface area contributed by atoms with Gasteiger partial charge in [-0.2, -0.15) is 0 Å². The Morgan fingerprint density at radius 3 is 2.91 bits per heavy atom. The molecule has 0 amide bonds. The first-order chi connectivity index (χ1) is 5.14. The van der Waals surface area contributed by atoms with E-state index in [4.69, 9.17) is 5.53 Å². The molecule has 6 heteroatoms. The van der Waals surface area contributed by atoms with E-state index < -0.39 is 18.6 Å². The summed E-state index contributed by atoms with van der Waals surface area (Å²) >= 11 is 0. The monoisotopic (exact) mass is 163 g/mol. The lowest BCUT2D eigenvalue weighted by atomic mass is 10.2. The van der Waals surface area contributed by atoms with Crippen LogP contribution in [0.15, 0.2) is 5.11 Å². The Balaban J connectivity index is 2.36. The molecule has 0 N–H and O–H groups in total. The highest BCUT2D eigenvalue weighted by Crippen LogP contribution is 2.29. The average molecular weight is 163 g/mol. The minimum Gasteiger partial charge on any atom is -0.372 e. The summed E-state index contributed by atoms with van der Waals surface area (Å²) in [4.78, 5) is 2.45. The molecule has 0 aromatic carbocycles. The van der Waals surface area contributed by atoms with Crippen molar-refractivity contribution in [2.45, 2.75) is 18.4 Å². The number of ether oxygens (including phenoxy) is 1. The lowest BCUT2D eigenvalue weighted by Gasteiger charge is -2.03. The highest BCUT2D eigenvalue weighted by molar-refractivity contribution is 4.80. The van der Waals surface area contributed by atoms with Gasteiger partial charge in [-0.1, -0.05) is 5.11 Å². The molecule has 0 aromatic heterocycles. The lowest BCUT2D eigenvalue weighted by Crippen LogP contribution is -2.15. The van der Waals surface area contributed by atoms with Crippen molar-refractivity contribution >= 4 is 0 Å². The van der Waals surface area contributed by atoms with Crippen LogP contribution < -0.4 is 0 Å². The second-order valence-corrected chi connectivity index (χ2v) is 2.41. The van der Waals surface area contributed by atoms with Crippen molar-refractivity contribution in [1.29, 1.82) is 0 Å². The van der Waals surface area contributed by atoms with Crippen LogP contribution in [0.1, 0.15) is 6.42 Å². The van der Waals surface area contributed by atoms with Crippen molar-refractivity contribution in [3.8, 4) is 0 Å². The molecule has 0 saturated carbocycles. The molecule has 1 saturated heterocycles. The van der Waals surface area contributed by atoms with Crippen LogP contribution in [-0.4, -0.2) is 25.2 Å². The molecular formula is C5H7F2N3O. The molecule has 0 aromatic rings. The summed E-state index contributed by atoms with van der Waals surface area (Å²) in [5.41, 5.74) is 7.87. The Kier molecular flexibility index (Phi) is 2.26. The molecule has 1 heterocycles. The first kappa shape index (κ1) is 8.23. The maximum Gasteiger partial charge on any atom is 0.273 e. The summed E-state index contributed by atoms with van der Waals surface area (Å²) < 4.78 is 29.4. The Morgan fingerprint density at radius 2 is 2.45 bits per heavy atom. The third kappa shape index (κ3) is 2.32. The summed E-state index contributed by atoms with van der Waals surface area (Å²) in [7, 11) is 0. The van der Waals surface area contributed by atoms with E-state index in [0.717, 1.165) is 0 Å². The average Bonchev–Trinajstić information content (AvgIpc) is 2.26. The molecule has 1 fully saturated rings. The second-order valence-electron chi connectivity index (χ2n) is 2.41. The molecule has 1 aliphatic heterocycles. The van der Waals surface area contributed by atoms with Crippen molar-refractivity contribution in [1.82, 2.24) is 0 Å². The minimum absolute atomic E-state index is 0.00785. The third-order valence-electron chi connectivity index (χ3n) is 1.41. The SMILES string of the molecule is [N-]=[N+]=NCC1CC(F)(F)CO1. The molecule has 62 valence electrons. The van der Waals surface area contributed by atoms with Gasteiger partial charge in [0.1, 0.15) is 6.61 Å². The van der Waals surface area contributed by atoms with Gasteiger partial charge in [-0.05, 0) is 5.53 Å². The first-order valence-corrected chi connectivity index (χ1v) is 3.14. The number of rotatable bonds is 2. The number of azide groups is 1. The van der Waals surface area contributed by atoms with Crippen LogP contribution in [0.4, 0.5) is 8.78 Å². The molecule has 1 atom stereocenters. The van der Waals surface area contributed by atoms with E-state index in [0.29, 0.717) is 0 Å². The van der Waals surface area contributed by atoms with Gasteiger partial charge in [-0.25, -0.2) is 8.78 Å². The topological polar surface area (TPSA) is 58.0 Å². The van der Waals surface area contributed by atoms with Crippen LogP contribution in [-0.2, 0) is 4.74 Å². The number of halogens is 2. The molecular weight excluding hydrogens is 156 g/mol.